The first-order chi connectivity index (χ1) is 6.24. The van der Waals surface area contributed by atoms with Gasteiger partial charge in [-0.15, -0.1) is 6.42 Å². The molecule has 0 atom stereocenters. The summed E-state index contributed by atoms with van der Waals surface area (Å²) in [6, 6.07) is 6.89. The third-order valence-corrected chi connectivity index (χ3v) is 1.49. The van der Waals surface area contributed by atoms with Crippen LogP contribution in [-0.2, 0) is 0 Å². The Bertz CT molecular complexity index is 335. The Kier molecular flexibility index (Phi) is 2.93. The van der Waals surface area contributed by atoms with E-state index < -0.39 is 0 Å². The second kappa shape index (κ2) is 4.17. The zero-order valence-corrected chi connectivity index (χ0v) is 7.08. The minimum atomic E-state index is 0.0449. The van der Waals surface area contributed by atoms with E-state index in [9.17, 15) is 0 Å². The molecule has 0 aliphatic heterocycles. The molecule has 0 saturated heterocycles. The van der Waals surface area contributed by atoms with Gasteiger partial charge in [-0.3, -0.25) is 5.41 Å². The maximum atomic E-state index is 7.15. The van der Waals surface area contributed by atoms with Crippen LogP contribution < -0.4 is 10.5 Å². The van der Waals surface area contributed by atoms with Gasteiger partial charge in [0.2, 0.25) is 0 Å². The van der Waals surface area contributed by atoms with Crippen molar-refractivity contribution < 1.29 is 4.74 Å². The fourth-order valence-electron chi connectivity index (χ4n) is 0.856. The molecule has 3 nitrogen and oxygen atoms in total. The Morgan fingerprint density at radius 1 is 1.46 bits per heavy atom. The quantitative estimate of drug-likeness (QED) is 0.407. The van der Waals surface area contributed by atoms with Crippen molar-refractivity contribution in [1.82, 2.24) is 0 Å². The first kappa shape index (κ1) is 9.14. The predicted molar refractivity (Wildman–Crippen MR) is 51.8 cm³/mol. The molecule has 3 N–H and O–H groups in total. The molecular weight excluding hydrogens is 164 g/mol. The van der Waals surface area contributed by atoms with Gasteiger partial charge in [0.05, 0.1) is 0 Å². The Morgan fingerprint density at radius 3 is 2.54 bits per heavy atom. The number of hydrogen-bond donors (Lipinski definition) is 2. The molecule has 1 aromatic rings. The van der Waals surface area contributed by atoms with Crippen molar-refractivity contribution in [2.75, 3.05) is 6.61 Å². The third-order valence-electron chi connectivity index (χ3n) is 1.49. The Hall–Kier alpha value is -1.95. The van der Waals surface area contributed by atoms with Crippen LogP contribution in [0, 0.1) is 17.8 Å². The highest BCUT2D eigenvalue weighted by atomic mass is 16.5. The third kappa shape index (κ3) is 2.53. The van der Waals surface area contributed by atoms with Gasteiger partial charge in [0.15, 0.2) is 0 Å². The van der Waals surface area contributed by atoms with Gasteiger partial charge in [0, 0.05) is 5.56 Å². The zero-order valence-electron chi connectivity index (χ0n) is 7.08. The highest BCUT2D eigenvalue weighted by Crippen LogP contribution is 2.11. The lowest BCUT2D eigenvalue weighted by atomic mass is 10.2. The molecule has 0 saturated carbocycles. The van der Waals surface area contributed by atoms with E-state index in [0.717, 1.165) is 0 Å². The van der Waals surface area contributed by atoms with Crippen LogP contribution in [0.3, 0.4) is 0 Å². The maximum Gasteiger partial charge on any atom is 0.148 e. The molecular formula is C10H10N2O. The van der Waals surface area contributed by atoms with Crippen LogP contribution in [0.1, 0.15) is 5.56 Å². The molecule has 1 aromatic carbocycles. The van der Waals surface area contributed by atoms with Crippen LogP contribution in [0.25, 0.3) is 0 Å². The number of nitrogen functional groups attached to an aromatic ring is 1. The number of nitrogens with two attached hydrogens (primary N) is 1. The zero-order chi connectivity index (χ0) is 9.68. The summed E-state index contributed by atoms with van der Waals surface area (Å²) < 4.78 is 5.14. The first-order valence-corrected chi connectivity index (χ1v) is 3.75. The van der Waals surface area contributed by atoms with Gasteiger partial charge < -0.3 is 10.5 Å². The number of terminal acetylenes is 1. The van der Waals surface area contributed by atoms with Crippen molar-refractivity contribution in [2.24, 2.45) is 5.73 Å². The summed E-state index contributed by atoms with van der Waals surface area (Å²) in [7, 11) is 0. The van der Waals surface area contributed by atoms with E-state index >= 15 is 0 Å². The van der Waals surface area contributed by atoms with Crippen molar-refractivity contribution in [1.29, 1.82) is 5.41 Å². The van der Waals surface area contributed by atoms with Gasteiger partial charge in [-0.05, 0) is 24.3 Å². The lowest BCUT2D eigenvalue weighted by Gasteiger charge is -2.02. The number of amidine groups is 1. The van der Waals surface area contributed by atoms with Crippen LogP contribution in [0.15, 0.2) is 24.3 Å². The van der Waals surface area contributed by atoms with E-state index in [0.29, 0.717) is 11.3 Å². The highest BCUT2D eigenvalue weighted by Gasteiger charge is 1.96. The molecule has 13 heavy (non-hydrogen) atoms. The van der Waals surface area contributed by atoms with Gasteiger partial charge in [-0.25, -0.2) is 0 Å². The fourth-order valence-corrected chi connectivity index (χ4v) is 0.856. The van der Waals surface area contributed by atoms with Crippen molar-refractivity contribution in [2.45, 2.75) is 0 Å². The number of ether oxygens (including phenoxy) is 1. The predicted octanol–water partition coefficient (Wildman–Crippen LogP) is 0.983. The number of nitrogens with one attached hydrogen (secondary N) is 1. The van der Waals surface area contributed by atoms with Crippen molar-refractivity contribution >= 4 is 5.84 Å². The second-order valence-corrected chi connectivity index (χ2v) is 2.43. The summed E-state index contributed by atoms with van der Waals surface area (Å²) in [6.07, 6.45) is 5.03. The normalized spacial score (nSPS) is 8.85. The summed E-state index contributed by atoms with van der Waals surface area (Å²) >= 11 is 0. The molecule has 0 spiro atoms. The van der Waals surface area contributed by atoms with E-state index in [2.05, 4.69) is 5.92 Å². The number of benzene rings is 1. The van der Waals surface area contributed by atoms with Gasteiger partial charge in [0.25, 0.3) is 0 Å². The molecule has 0 unspecified atom stereocenters. The molecule has 1 rings (SSSR count). The second-order valence-electron chi connectivity index (χ2n) is 2.43. The topological polar surface area (TPSA) is 59.1 Å². The van der Waals surface area contributed by atoms with E-state index in [1.165, 1.54) is 0 Å². The maximum absolute atomic E-state index is 7.15. The lowest BCUT2D eigenvalue weighted by Crippen LogP contribution is -2.10. The van der Waals surface area contributed by atoms with Crippen LogP contribution in [0.2, 0.25) is 0 Å². The van der Waals surface area contributed by atoms with E-state index in [-0.39, 0.29) is 12.4 Å². The molecule has 0 fully saturated rings. The summed E-state index contributed by atoms with van der Waals surface area (Å²) in [5.41, 5.74) is 5.95. The Morgan fingerprint density at radius 2 is 2.08 bits per heavy atom. The average Bonchev–Trinajstić information content (AvgIpc) is 2.15. The Balaban J connectivity index is 2.71. The summed E-state index contributed by atoms with van der Waals surface area (Å²) in [5.74, 6) is 3.09. The molecule has 0 aliphatic carbocycles. The average molecular weight is 174 g/mol. The van der Waals surface area contributed by atoms with Gasteiger partial charge in [-0.1, -0.05) is 5.92 Å². The molecule has 3 heteroatoms. The SMILES string of the molecule is C#CCOc1ccc(C(=N)N)cc1. The fraction of sp³-hybridized carbons (Fsp3) is 0.100. The van der Waals surface area contributed by atoms with Gasteiger partial charge >= 0.3 is 0 Å². The van der Waals surface area contributed by atoms with Crippen LogP contribution in [-0.4, -0.2) is 12.4 Å². The smallest absolute Gasteiger partial charge is 0.148 e. The van der Waals surface area contributed by atoms with E-state index in [4.69, 9.17) is 22.3 Å². The van der Waals surface area contributed by atoms with E-state index in [1.807, 2.05) is 0 Å². The minimum absolute atomic E-state index is 0.0449. The van der Waals surface area contributed by atoms with Gasteiger partial charge in [-0.2, -0.15) is 0 Å². The summed E-state index contributed by atoms with van der Waals surface area (Å²) in [6.45, 7) is 0.249. The molecule has 0 aromatic heterocycles. The highest BCUT2D eigenvalue weighted by molar-refractivity contribution is 5.94. The molecule has 0 bridgehead atoms. The molecule has 66 valence electrons. The molecule has 0 amide bonds. The standard InChI is InChI=1S/C10H10N2O/c1-2-7-13-9-5-3-8(4-6-9)10(11)12/h1,3-6H,7H2,(H3,11,12). The van der Waals surface area contributed by atoms with Crippen LogP contribution >= 0.6 is 0 Å². The van der Waals surface area contributed by atoms with Crippen molar-refractivity contribution in [3.63, 3.8) is 0 Å². The molecule has 0 heterocycles. The number of rotatable bonds is 3. The van der Waals surface area contributed by atoms with Crippen molar-refractivity contribution in [3.8, 4) is 18.1 Å². The lowest BCUT2D eigenvalue weighted by molar-refractivity contribution is 0.370. The summed E-state index contributed by atoms with van der Waals surface area (Å²) in [4.78, 5) is 0. The monoisotopic (exact) mass is 174 g/mol. The number of hydrogen-bond acceptors (Lipinski definition) is 2. The first-order valence-electron chi connectivity index (χ1n) is 3.75. The minimum Gasteiger partial charge on any atom is -0.481 e. The molecule has 0 radical (unpaired) electrons. The largest absolute Gasteiger partial charge is 0.481 e. The molecule has 0 aliphatic rings. The van der Waals surface area contributed by atoms with Crippen LogP contribution in [0.5, 0.6) is 5.75 Å². The van der Waals surface area contributed by atoms with Gasteiger partial charge in [0.1, 0.15) is 18.2 Å². The Labute approximate surface area is 77.0 Å². The van der Waals surface area contributed by atoms with Crippen LogP contribution in [0.4, 0.5) is 0 Å². The van der Waals surface area contributed by atoms with E-state index in [1.54, 1.807) is 24.3 Å². The van der Waals surface area contributed by atoms with Crippen molar-refractivity contribution in [3.05, 3.63) is 29.8 Å². The summed E-state index contributed by atoms with van der Waals surface area (Å²) in [5, 5.41) is 7.15.